The molecule has 6 rings (SSSR count). The molecule has 0 aliphatic carbocycles. The number of carbonyl (C=O) groups is 6. The van der Waals surface area contributed by atoms with Gasteiger partial charge in [0.1, 0.15) is 11.6 Å². The number of aliphatic carboxylic acids is 6. The number of ether oxygens (including phenoxy) is 1. The van der Waals surface area contributed by atoms with Crippen LogP contribution in [0.4, 0.5) is 15.8 Å². The van der Waals surface area contributed by atoms with E-state index in [2.05, 4.69) is 42.9 Å². The van der Waals surface area contributed by atoms with Crippen molar-refractivity contribution in [3.63, 3.8) is 0 Å². The second-order valence-corrected chi connectivity index (χ2v) is 13.3. The molecule has 318 valence electrons. The maximum atomic E-state index is 14.2. The van der Waals surface area contributed by atoms with Crippen LogP contribution in [-0.2, 0) is 28.8 Å². The summed E-state index contributed by atoms with van der Waals surface area (Å²) < 4.78 is 19.8. The number of hydrogen-bond acceptors (Lipinski definition) is 12. The summed E-state index contributed by atoms with van der Waals surface area (Å²) in [5.41, 5.74) is 4.00. The van der Waals surface area contributed by atoms with Gasteiger partial charge < -0.3 is 45.2 Å². The average molecular weight is 826 g/mol. The Labute approximate surface area is 338 Å². The number of benzene rings is 2. The number of halogens is 1. The van der Waals surface area contributed by atoms with Crippen LogP contribution in [0.25, 0.3) is 21.8 Å². The number of nitrogens with zero attached hydrogens (tertiary/aromatic N) is 5. The number of hydrogen-bond donors (Lipinski definition) is 6. The predicted octanol–water partition coefficient (Wildman–Crippen LogP) is 4.53. The summed E-state index contributed by atoms with van der Waals surface area (Å²) >= 11 is 0. The lowest BCUT2D eigenvalue weighted by Gasteiger charge is -2.44. The van der Waals surface area contributed by atoms with Crippen LogP contribution in [0, 0.1) is 5.82 Å². The number of piperidine rings is 1. The van der Waals surface area contributed by atoms with E-state index in [-0.39, 0.29) is 44.3 Å². The van der Waals surface area contributed by atoms with E-state index >= 15 is 0 Å². The van der Waals surface area contributed by atoms with E-state index in [4.69, 9.17) is 35.4 Å². The van der Waals surface area contributed by atoms with Crippen LogP contribution in [0.2, 0.25) is 0 Å². The van der Waals surface area contributed by atoms with Crippen LogP contribution in [0.3, 0.4) is 0 Å². The first kappa shape index (κ1) is 46.8. The van der Waals surface area contributed by atoms with E-state index in [0.29, 0.717) is 11.4 Å². The summed E-state index contributed by atoms with van der Waals surface area (Å²) in [4.78, 5) is 74.4. The van der Waals surface area contributed by atoms with E-state index in [1.807, 2.05) is 24.4 Å². The molecule has 0 spiro atoms. The zero-order valence-corrected chi connectivity index (χ0v) is 32.4. The normalized spacial score (nSPS) is 14.1. The monoisotopic (exact) mass is 825 g/mol. The van der Waals surface area contributed by atoms with Crippen LogP contribution in [0.1, 0.15) is 51.4 Å². The molecular weight excluding hydrogens is 777 g/mol. The summed E-state index contributed by atoms with van der Waals surface area (Å²) in [5.74, 6) is -5.79. The van der Waals surface area contributed by atoms with E-state index < -0.39 is 35.8 Å². The average Bonchev–Trinajstić information content (AvgIpc) is 3.22. The van der Waals surface area contributed by atoms with Gasteiger partial charge in [0.05, 0.1) is 68.0 Å². The first-order chi connectivity index (χ1) is 28.1. The van der Waals surface area contributed by atoms with Gasteiger partial charge in [-0.25, -0.2) is 4.39 Å². The van der Waals surface area contributed by atoms with Crippen molar-refractivity contribution in [1.82, 2.24) is 14.9 Å². The van der Waals surface area contributed by atoms with Gasteiger partial charge in [-0.15, -0.1) is 0 Å². The number of anilines is 2. The Kier molecular flexibility index (Phi) is 18.7. The quantitative estimate of drug-likeness (QED) is 0.108. The number of piperazine rings is 1. The SMILES string of the molecule is COc1cc(N2CCN(C3CCN(c4ccc(F)c5cccnc45)CC3)CC2)c2ncccc2c1.O=C(O)CCC(=O)O.O=C(O)CCC(=O)O.O=C(O)CCC(=O)O. The van der Waals surface area contributed by atoms with Gasteiger partial charge in [-0.2, -0.15) is 0 Å². The van der Waals surface area contributed by atoms with Crippen molar-refractivity contribution in [1.29, 1.82) is 0 Å². The first-order valence-electron chi connectivity index (χ1n) is 18.6. The number of rotatable bonds is 13. The first-order valence-corrected chi connectivity index (χ1v) is 18.6. The lowest BCUT2D eigenvalue weighted by Crippen LogP contribution is -2.53. The third kappa shape index (κ3) is 15.7. The van der Waals surface area contributed by atoms with Gasteiger partial charge >= 0.3 is 35.8 Å². The van der Waals surface area contributed by atoms with Crippen molar-refractivity contribution in [3.05, 3.63) is 66.7 Å². The summed E-state index contributed by atoms with van der Waals surface area (Å²) in [5, 5.41) is 49.1. The smallest absolute Gasteiger partial charge is 0.303 e. The molecule has 2 fully saturated rings. The maximum Gasteiger partial charge on any atom is 0.303 e. The number of carboxylic acids is 6. The van der Waals surface area contributed by atoms with E-state index in [1.165, 1.54) is 0 Å². The fourth-order valence-electron chi connectivity index (χ4n) is 6.32. The fourth-order valence-corrected chi connectivity index (χ4v) is 6.32. The second kappa shape index (κ2) is 23.6. The van der Waals surface area contributed by atoms with Crippen LogP contribution < -0.4 is 14.5 Å². The predicted molar refractivity (Wildman–Crippen MR) is 213 cm³/mol. The largest absolute Gasteiger partial charge is 0.497 e. The van der Waals surface area contributed by atoms with Crippen LogP contribution in [0.15, 0.2) is 60.9 Å². The minimum atomic E-state index is -1.08. The molecule has 2 aromatic carbocycles. The van der Waals surface area contributed by atoms with Gasteiger partial charge in [0, 0.05) is 74.5 Å². The summed E-state index contributed by atoms with van der Waals surface area (Å²) in [6.07, 6.45) is 4.05. The topological polar surface area (TPSA) is 269 Å². The Hall–Kier alpha value is -6.63. The van der Waals surface area contributed by atoms with Crippen LogP contribution in [0.5, 0.6) is 5.75 Å². The summed E-state index contributed by atoms with van der Waals surface area (Å²) in [6.45, 7) is 5.96. The highest BCUT2D eigenvalue weighted by Gasteiger charge is 2.29. The molecule has 0 atom stereocenters. The molecule has 0 bridgehead atoms. The number of aromatic nitrogens is 2. The standard InChI is InChI=1S/C28H30FN5O.3C4H6O4/c1-35-22-18-20-4-2-10-30-27(20)26(19-22)34-16-14-32(15-17-34)21-8-12-33(13-9-21)25-7-6-24(29)23-5-3-11-31-28(23)25;3*5-3(6)1-2-4(7)8/h2-7,10-11,18-19,21H,8-9,12-17H2,1H3;3*1-2H2,(H,5,6)(H,7,8). The summed E-state index contributed by atoms with van der Waals surface area (Å²) in [7, 11) is 1.72. The lowest BCUT2D eigenvalue weighted by atomic mass is 10.0. The van der Waals surface area contributed by atoms with E-state index in [9.17, 15) is 33.2 Å². The highest BCUT2D eigenvalue weighted by Crippen LogP contribution is 2.33. The lowest BCUT2D eigenvalue weighted by molar-refractivity contribution is -0.143. The number of methoxy groups -OCH3 is 1. The zero-order chi connectivity index (χ0) is 43.5. The molecule has 19 heteroatoms. The third-order valence-corrected chi connectivity index (χ3v) is 9.22. The molecule has 59 heavy (non-hydrogen) atoms. The highest BCUT2D eigenvalue weighted by atomic mass is 19.1. The van der Waals surface area contributed by atoms with Gasteiger partial charge in [-0.1, -0.05) is 6.07 Å². The number of pyridine rings is 2. The molecule has 0 radical (unpaired) electrons. The van der Waals surface area contributed by atoms with E-state index in [0.717, 1.165) is 85.7 Å². The molecule has 2 aromatic heterocycles. The van der Waals surface area contributed by atoms with Crippen LogP contribution >= 0.6 is 0 Å². The molecule has 4 aromatic rings. The Morgan fingerprint density at radius 3 is 1.54 bits per heavy atom. The molecule has 2 saturated heterocycles. The van der Waals surface area contributed by atoms with Crippen LogP contribution in [-0.4, -0.2) is 134 Å². The van der Waals surface area contributed by atoms with Gasteiger partial charge in [0.2, 0.25) is 0 Å². The molecule has 4 heterocycles. The van der Waals surface area contributed by atoms with Crippen molar-refractivity contribution in [2.24, 2.45) is 0 Å². The number of carboxylic acid groups (broad SMARTS) is 6. The second-order valence-electron chi connectivity index (χ2n) is 13.3. The van der Waals surface area contributed by atoms with Gasteiger partial charge in [-0.05, 0) is 49.2 Å². The van der Waals surface area contributed by atoms with Crippen molar-refractivity contribution in [3.8, 4) is 5.75 Å². The van der Waals surface area contributed by atoms with Crippen molar-refractivity contribution in [2.75, 3.05) is 56.2 Å². The Morgan fingerprint density at radius 2 is 1.07 bits per heavy atom. The van der Waals surface area contributed by atoms with Gasteiger partial charge in [0.25, 0.3) is 0 Å². The minimum absolute atomic E-state index is 0.205. The van der Waals surface area contributed by atoms with E-state index in [1.54, 1.807) is 25.4 Å². The van der Waals surface area contributed by atoms with Crippen molar-refractivity contribution >= 4 is 69.0 Å². The fraction of sp³-hybridized carbons (Fsp3) is 0.400. The van der Waals surface area contributed by atoms with Gasteiger partial charge in [0.15, 0.2) is 0 Å². The molecule has 18 nitrogen and oxygen atoms in total. The molecule has 2 aliphatic rings. The van der Waals surface area contributed by atoms with Gasteiger partial charge in [-0.3, -0.25) is 43.6 Å². The molecule has 2 aliphatic heterocycles. The number of fused-ring (bicyclic) bond motifs is 2. The molecule has 6 N–H and O–H groups in total. The molecule has 0 amide bonds. The Balaban J connectivity index is 0.000000317. The third-order valence-electron chi connectivity index (χ3n) is 9.22. The Morgan fingerprint density at radius 1 is 0.610 bits per heavy atom. The highest BCUT2D eigenvalue weighted by molar-refractivity contribution is 5.93. The minimum Gasteiger partial charge on any atom is -0.497 e. The molecule has 0 unspecified atom stereocenters. The molecular formula is C40H48FN5O13. The zero-order valence-electron chi connectivity index (χ0n) is 32.4. The van der Waals surface area contributed by atoms with Crippen molar-refractivity contribution < 1.29 is 68.5 Å². The summed E-state index contributed by atoms with van der Waals surface area (Å²) in [6, 6.07) is 15.9. The van der Waals surface area contributed by atoms with Crippen molar-refractivity contribution in [2.45, 2.75) is 57.4 Å². The molecule has 0 saturated carbocycles. The maximum absolute atomic E-state index is 14.2. The Bertz CT molecular complexity index is 1960.